The average Bonchev–Trinajstić information content (AvgIpc) is 3.12. The molecule has 5 rings (SSSR count). The van der Waals surface area contributed by atoms with Crippen molar-refractivity contribution in [2.45, 2.75) is 13.5 Å². The smallest absolute Gasteiger partial charge is 0.312 e. The Morgan fingerprint density at radius 2 is 1.90 bits per heavy atom. The van der Waals surface area contributed by atoms with Crippen LogP contribution in [0.4, 0.5) is 0 Å². The quantitative estimate of drug-likeness (QED) is 0.503. The molecular formula is C25H18BN3O. The van der Waals surface area contributed by atoms with Crippen LogP contribution in [0.25, 0.3) is 28.0 Å². The van der Waals surface area contributed by atoms with Gasteiger partial charge in [-0.25, -0.2) is 5.26 Å². The number of nitrogens with zero attached hydrogens (tertiary/aromatic N) is 3. The second-order valence-electron chi connectivity index (χ2n) is 7.68. The maximum Gasteiger partial charge on any atom is 0.331 e. The number of hydrogen-bond donors (Lipinski definition) is 0. The lowest BCUT2D eigenvalue weighted by Crippen LogP contribution is -2.32. The minimum Gasteiger partial charge on any atom is -0.312 e. The second kappa shape index (κ2) is 7.16. The zero-order valence-electron chi connectivity index (χ0n) is 16.5. The third-order valence-corrected chi connectivity index (χ3v) is 5.73. The van der Waals surface area contributed by atoms with Crippen molar-refractivity contribution in [2.24, 2.45) is 0 Å². The molecule has 142 valence electrons. The van der Waals surface area contributed by atoms with E-state index in [1.165, 1.54) is 0 Å². The molecule has 30 heavy (non-hydrogen) atoms. The molecule has 0 saturated carbocycles. The Kier molecular flexibility index (Phi) is 4.33. The zero-order valence-corrected chi connectivity index (χ0v) is 16.5. The Morgan fingerprint density at radius 3 is 2.70 bits per heavy atom. The molecule has 4 nitrogen and oxygen atoms in total. The maximum absolute atomic E-state index is 13.2. The van der Waals surface area contributed by atoms with E-state index in [-0.39, 0.29) is 12.3 Å². The highest BCUT2D eigenvalue weighted by molar-refractivity contribution is 6.88. The largest absolute Gasteiger partial charge is 0.331 e. The molecule has 1 aliphatic rings. The van der Waals surface area contributed by atoms with Crippen molar-refractivity contribution in [1.82, 2.24) is 9.55 Å². The highest BCUT2D eigenvalue weighted by Gasteiger charge is 2.30. The van der Waals surface area contributed by atoms with E-state index in [1.54, 1.807) is 17.0 Å². The predicted molar refractivity (Wildman–Crippen MR) is 122 cm³/mol. The highest BCUT2D eigenvalue weighted by atomic mass is 16.1. The van der Waals surface area contributed by atoms with E-state index in [0.717, 1.165) is 38.6 Å². The molecule has 0 spiro atoms. The molecular weight excluding hydrogens is 369 g/mol. The summed E-state index contributed by atoms with van der Waals surface area (Å²) in [6.45, 7) is 2.09. The van der Waals surface area contributed by atoms with Gasteiger partial charge in [0.2, 0.25) is 0 Å². The lowest BCUT2D eigenvalue weighted by atomic mass is 9.43. The standard InChI is InChI=1S/C25H18BN3O/c1-17-7-8-19-12-20(26(16-27)24(19)11-17)15-29-10-9-21-22(18-5-3-2-4-6-18)13-28-14-23(21)25(29)30/h2-14H,15H2,1H3. The molecule has 0 saturated heterocycles. The fourth-order valence-electron chi connectivity index (χ4n) is 4.22. The van der Waals surface area contributed by atoms with Crippen LogP contribution >= 0.6 is 0 Å². The van der Waals surface area contributed by atoms with Crippen molar-refractivity contribution in [3.05, 3.63) is 100 Å². The number of pyridine rings is 2. The normalized spacial score (nSPS) is 12.5. The molecule has 2 aromatic carbocycles. The predicted octanol–water partition coefficient (Wildman–Crippen LogP) is 3.77. The van der Waals surface area contributed by atoms with Gasteiger partial charge in [0.1, 0.15) is 0 Å². The third-order valence-electron chi connectivity index (χ3n) is 5.73. The van der Waals surface area contributed by atoms with E-state index in [4.69, 9.17) is 0 Å². The molecule has 0 atom stereocenters. The van der Waals surface area contributed by atoms with Crippen molar-refractivity contribution in [2.75, 3.05) is 0 Å². The fourth-order valence-corrected chi connectivity index (χ4v) is 4.22. The average molecular weight is 387 g/mol. The van der Waals surface area contributed by atoms with Crippen LogP contribution in [0.1, 0.15) is 11.1 Å². The van der Waals surface area contributed by atoms with Crippen molar-refractivity contribution in [3.8, 4) is 17.1 Å². The lowest BCUT2D eigenvalue weighted by molar-refractivity contribution is 0.780. The van der Waals surface area contributed by atoms with E-state index in [2.05, 4.69) is 17.0 Å². The summed E-state index contributed by atoms with van der Waals surface area (Å²) in [5.41, 5.74) is 6.02. The molecule has 5 heteroatoms. The first kappa shape index (κ1) is 18.1. The van der Waals surface area contributed by atoms with Gasteiger partial charge in [0.05, 0.1) is 5.39 Å². The van der Waals surface area contributed by atoms with Crippen LogP contribution < -0.4 is 11.0 Å². The number of rotatable bonds is 3. The Bertz CT molecular complexity index is 1410. The van der Waals surface area contributed by atoms with E-state index in [1.807, 2.05) is 67.7 Å². The summed E-state index contributed by atoms with van der Waals surface area (Å²) in [5, 5.41) is 11.2. The molecule has 0 N–H and O–H groups in total. The number of hydrogen-bond acceptors (Lipinski definition) is 3. The van der Waals surface area contributed by atoms with Crippen LogP contribution in [0.2, 0.25) is 0 Å². The number of benzene rings is 2. The minimum absolute atomic E-state index is 0.0949. The highest BCUT2D eigenvalue weighted by Crippen LogP contribution is 2.26. The summed E-state index contributed by atoms with van der Waals surface area (Å²) >= 11 is 0. The summed E-state index contributed by atoms with van der Waals surface area (Å²) in [5.74, 6) is 2.41. The van der Waals surface area contributed by atoms with Crippen LogP contribution in [0.5, 0.6) is 0 Å². The summed E-state index contributed by atoms with van der Waals surface area (Å²) in [4.78, 5) is 17.6. The van der Waals surface area contributed by atoms with Crippen molar-refractivity contribution in [3.63, 3.8) is 0 Å². The van der Waals surface area contributed by atoms with Gasteiger partial charge in [-0.3, -0.25) is 9.78 Å². The maximum atomic E-state index is 13.2. The first-order valence-corrected chi connectivity index (χ1v) is 9.89. The molecule has 0 fully saturated rings. The van der Waals surface area contributed by atoms with E-state index >= 15 is 0 Å². The first-order valence-electron chi connectivity index (χ1n) is 9.89. The molecule has 1 aliphatic heterocycles. The van der Waals surface area contributed by atoms with Gasteiger partial charge >= 0.3 is 6.71 Å². The van der Waals surface area contributed by atoms with Gasteiger partial charge in [-0.05, 0) is 29.5 Å². The summed E-state index contributed by atoms with van der Waals surface area (Å²) < 4.78 is 1.67. The van der Waals surface area contributed by atoms with Gasteiger partial charge in [0.25, 0.3) is 5.56 Å². The fraction of sp³-hybridized carbons (Fsp3) is 0.0800. The number of aryl methyl sites for hydroxylation is 1. The van der Waals surface area contributed by atoms with E-state index < -0.39 is 0 Å². The van der Waals surface area contributed by atoms with Crippen LogP contribution in [0.3, 0.4) is 0 Å². The minimum atomic E-state index is -0.323. The molecule has 0 amide bonds. The topological polar surface area (TPSA) is 58.7 Å². The van der Waals surface area contributed by atoms with Crippen LogP contribution in [0.15, 0.2) is 83.5 Å². The second-order valence-corrected chi connectivity index (χ2v) is 7.68. The SMILES string of the molecule is Cc1ccc2c(c1)B(C#N)C(Cn1ccc3c(-c4ccccc4)cncc3c1=O)=C2. The molecule has 2 aromatic heterocycles. The zero-order chi connectivity index (χ0) is 20.7. The van der Waals surface area contributed by atoms with Crippen LogP contribution in [-0.4, -0.2) is 16.3 Å². The number of aromatic nitrogens is 2. The summed E-state index contributed by atoms with van der Waals surface area (Å²) in [7, 11) is 0. The Labute approximate surface area is 174 Å². The first-order chi connectivity index (χ1) is 14.7. The van der Waals surface area contributed by atoms with Crippen molar-refractivity contribution in [1.29, 1.82) is 5.26 Å². The molecule has 0 radical (unpaired) electrons. The van der Waals surface area contributed by atoms with Gasteiger partial charge in [-0.15, -0.1) is 0 Å². The number of fused-ring (bicyclic) bond motifs is 2. The molecule has 4 aromatic rings. The molecule has 0 aliphatic carbocycles. The lowest BCUT2D eigenvalue weighted by Gasteiger charge is -2.12. The summed E-state index contributed by atoms with van der Waals surface area (Å²) in [6, 6.07) is 18.1. The number of nitriles is 1. The van der Waals surface area contributed by atoms with Crippen LogP contribution in [-0.2, 0) is 6.54 Å². The van der Waals surface area contributed by atoms with E-state index in [9.17, 15) is 10.1 Å². The number of allylic oxidation sites excluding steroid dienone is 1. The van der Waals surface area contributed by atoms with Crippen molar-refractivity contribution >= 4 is 29.0 Å². The Hall–Kier alpha value is -3.91. The molecule has 3 heterocycles. The van der Waals surface area contributed by atoms with Gasteiger partial charge in [-0.2, -0.15) is 0 Å². The monoisotopic (exact) mass is 387 g/mol. The third kappa shape index (κ3) is 2.94. The summed E-state index contributed by atoms with van der Waals surface area (Å²) in [6.07, 6.45) is 7.29. The molecule has 0 unspecified atom stereocenters. The van der Waals surface area contributed by atoms with Gasteiger partial charge in [0, 0.05) is 36.7 Å². The van der Waals surface area contributed by atoms with Gasteiger partial charge < -0.3 is 4.57 Å². The van der Waals surface area contributed by atoms with E-state index in [0.29, 0.717) is 11.9 Å². The van der Waals surface area contributed by atoms with Gasteiger partial charge in [-0.1, -0.05) is 71.1 Å². The van der Waals surface area contributed by atoms with Gasteiger partial charge in [0.15, 0.2) is 0 Å². The Morgan fingerprint density at radius 1 is 1.07 bits per heavy atom. The molecule has 0 bridgehead atoms. The Balaban J connectivity index is 1.56. The van der Waals surface area contributed by atoms with Crippen molar-refractivity contribution < 1.29 is 0 Å². The van der Waals surface area contributed by atoms with Crippen LogP contribution in [0, 0.1) is 18.2 Å².